The zero-order valence-electron chi connectivity index (χ0n) is 40.0. The Morgan fingerprint density at radius 3 is 1.28 bits per heavy atom. The highest BCUT2D eigenvalue weighted by Crippen LogP contribution is 2.40. The number of aromatic carboxylic acids is 2. The molecule has 12 nitrogen and oxygen atoms in total. The Bertz CT molecular complexity index is 2960. The lowest BCUT2D eigenvalue weighted by Gasteiger charge is -2.37. The molecule has 372 valence electrons. The molecule has 12 rings (SSSR count). The van der Waals surface area contributed by atoms with Crippen LogP contribution >= 0.6 is 12.4 Å². The van der Waals surface area contributed by atoms with Gasteiger partial charge in [-0.2, -0.15) is 0 Å². The van der Waals surface area contributed by atoms with Gasteiger partial charge in [-0.25, -0.2) is 18.4 Å². The Morgan fingerprint density at radius 1 is 0.535 bits per heavy atom. The molecular weight excluding hydrogens is 926 g/mol. The summed E-state index contributed by atoms with van der Waals surface area (Å²) in [4.78, 5) is 57.6. The van der Waals surface area contributed by atoms with E-state index < -0.39 is 34.4 Å². The van der Waals surface area contributed by atoms with Crippen molar-refractivity contribution in [2.45, 2.75) is 102 Å². The molecule has 2 saturated heterocycles. The van der Waals surface area contributed by atoms with Gasteiger partial charge >= 0.3 is 11.9 Å². The maximum Gasteiger partial charge on any atom is 0.341 e. The van der Waals surface area contributed by atoms with Crippen LogP contribution < -0.4 is 20.7 Å². The van der Waals surface area contributed by atoms with Gasteiger partial charge in [0.15, 0.2) is 0 Å². The summed E-state index contributed by atoms with van der Waals surface area (Å²) in [7, 11) is 0. The van der Waals surface area contributed by atoms with E-state index in [0.717, 1.165) is 65.0 Å². The second kappa shape index (κ2) is 20.2. The number of piperazine rings is 2. The third-order valence-corrected chi connectivity index (χ3v) is 15.7. The summed E-state index contributed by atoms with van der Waals surface area (Å²) in [5.41, 5.74) is 9.30. The summed E-state index contributed by atoms with van der Waals surface area (Å²) in [6.45, 7) is 8.05. The molecule has 2 saturated carbocycles. The molecule has 0 amide bonds. The summed E-state index contributed by atoms with van der Waals surface area (Å²) >= 11 is 0. The average molecular weight is 988 g/mol. The third kappa shape index (κ3) is 9.82. The van der Waals surface area contributed by atoms with E-state index >= 15 is 8.78 Å². The highest BCUT2D eigenvalue weighted by Gasteiger charge is 2.31. The summed E-state index contributed by atoms with van der Waals surface area (Å²) in [5, 5.41) is 19.2. The van der Waals surface area contributed by atoms with Crippen molar-refractivity contribution < 1.29 is 28.6 Å². The Hall–Kier alpha value is -6.09. The Morgan fingerprint density at radius 2 is 0.915 bits per heavy atom. The number of aromatic nitrogens is 2. The number of hydrogen-bond donors (Lipinski definition) is 2. The lowest BCUT2D eigenvalue weighted by Crippen LogP contribution is -2.46. The number of hydrogen-bond acceptors (Lipinski definition) is 8. The fourth-order valence-corrected chi connectivity index (χ4v) is 11.6. The lowest BCUT2D eigenvalue weighted by molar-refractivity contribution is 0.0684. The van der Waals surface area contributed by atoms with Gasteiger partial charge in [0, 0.05) is 101 Å². The average Bonchev–Trinajstić information content (AvgIpc) is 4.32. The van der Waals surface area contributed by atoms with Crippen LogP contribution in [0.4, 0.5) is 20.2 Å². The predicted molar refractivity (Wildman–Crippen MR) is 275 cm³/mol. The molecule has 4 heterocycles. The minimum atomic E-state index is -1.27. The van der Waals surface area contributed by atoms with Crippen molar-refractivity contribution in [3.05, 3.63) is 150 Å². The molecule has 0 bridgehead atoms. The van der Waals surface area contributed by atoms with Crippen molar-refractivity contribution >= 4 is 57.5 Å². The molecule has 0 radical (unpaired) electrons. The Labute approximate surface area is 417 Å². The van der Waals surface area contributed by atoms with Crippen molar-refractivity contribution in [1.29, 1.82) is 0 Å². The summed E-state index contributed by atoms with van der Waals surface area (Å²) < 4.78 is 34.2. The zero-order chi connectivity index (χ0) is 48.2. The summed E-state index contributed by atoms with van der Waals surface area (Å²) in [6.07, 6.45) is 16.4. The molecule has 0 spiro atoms. The van der Waals surface area contributed by atoms with E-state index in [1.807, 2.05) is 9.13 Å². The normalized spacial score (nSPS) is 18.3. The first-order valence-corrected chi connectivity index (χ1v) is 25.4. The fraction of sp³-hybridized carbons (Fsp3) is 0.429. The van der Waals surface area contributed by atoms with Crippen LogP contribution in [-0.2, 0) is 38.8 Å². The molecular formula is C56H61ClF2N6O6. The number of pyridine rings is 2. The van der Waals surface area contributed by atoms with Gasteiger partial charge in [-0.05, 0) is 135 Å². The van der Waals surface area contributed by atoms with Gasteiger partial charge in [0.05, 0.1) is 22.4 Å². The van der Waals surface area contributed by atoms with Crippen LogP contribution in [-0.4, -0.2) is 93.4 Å². The number of rotatable bonds is 10. The van der Waals surface area contributed by atoms with E-state index in [9.17, 15) is 29.4 Å². The first-order chi connectivity index (χ1) is 34.0. The smallest absolute Gasteiger partial charge is 0.341 e. The number of benzene rings is 4. The van der Waals surface area contributed by atoms with Crippen LogP contribution in [0.3, 0.4) is 0 Å². The van der Waals surface area contributed by atoms with Crippen LogP contribution in [0.2, 0.25) is 0 Å². The van der Waals surface area contributed by atoms with Crippen LogP contribution in [0.15, 0.2) is 82.6 Å². The summed E-state index contributed by atoms with van der Waals surface area (Å²) in [5.74, 6) is -3.48. The van der Waals surface area contributed by atoms with Gasteiger partial charge in [-0.15, -0.1) is 12.4 Å². The number of fused-ring (bicyclic) bond motifs is 4. The van der Waals surface area contributed by atoms with E-state index in [1.54, 1.807) is 12.1 Å². The van der Waals surface area contributed by atoms with E-state index in [2.05, 4.69) is 56.0 Å². The van der Waals surface area contributed by atoms with E-state index in [4.69, 9.17) is 0 Å². The minimum absolute atomic E-state index is 0. The third-order valence-electron chi connectivity index (χ3n) is 15.7. The van der Waals surface area contributed by atoms with Gasteiger partial charge in [-0.3, -0.25) is 19.4 Å². The number of carboxylic acids is 2. The van der Waals surface area contributed by atoms with Gasteiger partial charge in [-0.1, -0.05) is 36.4 Å². The Kier molecular flexibility index (Phi) is 13.8. The van der Waals surface area contributed by atoms with Crippen LogP contribution in [0.5, 0.6) is 0 Å². The minimum Gasteiger partial charge on any atom is -0.477 e. The van der Waals surface area contributed by atoms with E-state index in [-0.39, 0.29) is 46.4 Å². The monoisotopic (exact) mass is 986 g/mol. The molecule has 6 aromatic rings. The molecule has 0 unspecified atom stereocenters. The molecule has 2 N–H and O–H groups in total. The number of halogens is 3. The standard InChI is InChI=1S/2C28H30FN3O3.ClH/c2*29-24-14-22-25(32(20-8-9-20)17-23(27(22)33)28(34)35)15-26(24)31-12-10-30(11-13-31)16-19-6-3-5-18-4-1-2-7-21(18)19;/h2*3,5-6,14-15,17,20H,1-2,4,7-13,16H2,(H,34,35);1H. The lowest BCUT2D eigenvalue weighted by atomic mass is 9.88. The van der Waals surface area contributed by atoms with Crippen LogP contribution in [0, 0.1) is 11.6 Å². The number of aryl methyl sites for hydroxylation is 2. The SMILES string of the molecule is Cl.O=C(O)c1cn(C2CC2)c2cc(N3CCN(Cc4cccc5c4CCCC5)CC3)c(F)cc2c1=O.O=C(O)c1cn(C2CC2)c2cc(N3CCN(Cc4cccc5c4CCCC5)CC3)c(F)cc2c1=O. The van der Waals surface area contributed by atoms with Gasteiger partial charge in [0.1, 0.15) is 22.8 Å². The topological polar surface area (TPSA) is 132 Å². The van der Waals surface area contributed by atoms with Crippen molar-refractivity contribution in [2.24, 2.45) is 0 Å². The predicted octanol–water partition coefficient (Wildman–Crippen LogP) is 9.17. The maximum absolute atomic E-state index is 15.2. The van der Waals surface area contributed by atoms with Crippen LogP contribution in [0.1, 0.15) is 118 Å². The molecule has 71 heavy (non-hydrogen) atoms. The van der Waals surface area contributed by atoms with E-state index in [0.29, 0.717) is 48.6 Å². The highest BCUT2D eigenvalue weighted by atomic mass is 35.5. The van der Waals surface area contributed by atoms with Crippen LogP contribution in [0.25, 0.3) is 21.8 Å². The zero-order valence-corrected chi connectivity index (χ0v) is 40.8. The molecule has 15 heteroatoms. The molecule has 6 aliphatic rings. The van der Waals surface area contributed by atoms with Crippen molar-refractivity contribution in [2.75, 3.05) is 62.2 Å². The second-order valence-corrected chi connectivity index (χ2v) is 20.3. The first kappa shape index (κ1) is 48.5. The highest BCUT2D eigenvalue weighted by molar-refractivity contribution is 5.95. The van der Waals surface area contributed by atoms with Crippen molar-refractivity contribution in [3.63, 3.8) is 0 Å². The second-order valence-electron chi connectivity index (χ2n) is 20.3. The largest absolute Gasteiger partial charge is 0.477 e. The Balaban J connectivity index is 0.000000162. The summed E-state index contributed by atoms with van der Waals surface area (Å²) in [6, 6.07) is 19.7. The molecule has 4 aliphatic carbocycles. The quantitative estimate of drug-likeness (QED) is 0.137. The fourth-order valence-electron chi connectivity index (χ4n) is 11.6. The van der Waals surface area contributed by atoms with Gasteiger partial charge in [0.2, 0.25) is 10.9 Å². The molecule has 0 atom stereocenters. The molecule has 2 aliphatic heterocycles. The number of carboxylic acid groups (broad SMARTS) is 2. The maximum atomic E-state index is 15.2. The number of anilines is 2. The molecule has 4 aromatic carbocycles. The van der Waals surface area contributed by atoms with Crippen molar-refractivity contribution in [1.82, 2.24) is 18.9 Å². The van der Waals surface area contributed by atoms with Gasteiger partial charge in [0.25, 0.3) is 0 Å². The molecule has 4 fully saturated rings. The first-order valence-electron chi connectivity index (χ1n) is 25.4. The van der Waals surface area contributed by atoms with E-state index in [1.165, 1.54) is 109 Å². The number of nitrogens with zero attached hydrogens (tertiary/aromatic N) is 6. The number of carbonyl (C=O) groups is 2. The van der Waals surface area contributed by atoms with Gasteiger partial charge < -0.3 is 29.1 Å². The van der Waals surface area contributed by atoms with Crippen molar-refractivity contribution in [3.8, 4) is 0 Å². The molecule has 2 aromatic heterocycles.